The first-order valence-corrected chi connectivity index (χ1v) is 9.08. The molecular formula is C22H22FNO2. The molecule has 2 bridgehead atoms. The maximum absolute atomic E-state index is 13.7. The van der Waals surface area contributed by atoms with Gasteiger partial charge in [0.25, 0.3) is 0 Å². The highest BCUT2D eigenvalue weighted by Gasteiger charge is 2.40. The van der Waals surface area contributed by atoms with E-state index in [4.69, 9.17) is 4.74 Å². The molecule has 26 heavy (non-hydrogen) atoms. The molecule has 0 spiro atoms. The van der Waals surface area contributed by atoms with Gasteiger partial charge in [0.05, 0.1) is 6.04 Å². The number of rotatable bonds is 3. The molecule has 2 aliphatic heterocycles. The molecule has 0 N–H and O–H groups in total. The average Bonchev–Trinajstić information content (AvgIpc) is 2.92. The number of hydrogen-bond acceptors (Lipinski definition) is 2. The summed E-state index contributed by atoms with van der Waals surface area (Å²) in [5, 5.41) is 0. The number of benzene rings is 2. The number of halogens is 1. The van der Waals surface area contributed by atoms with Crippen LogP contribution in [0.1, 0.15) is 36.0 Å². The number of fused-ring (bicyclic) bond motifs is 2. The van der Waals surface area contributed by atoms with Gasteiger partial charge in [0.15, 0.2) is 0 Å². The Morgan fingerprint density at radius 3 is 2.77 bits per heavy atom. The first-order chi connectivity index (χ1) is 12.6. The summed E-state index contributed by atoms with van der Waals surface area (Å²) in [6, 6.07) is 14.8. The predicted octanol–water partition coefficient (Wildman–Crippen LogP) is 5.09. The van der Waals surface area contributed by atoms with Gasteiger partial charge in [0.1, 0.15) is 12.4 Å². The van der Waals surface area contributed by atoms with Crippen LogP contribution in [0.3, 0.4) is 0 Å². The second kappa shape index (κ2) is 6.94. The zero-order valence-electron chi connectivity index (χ0n) is 14.8. The normalized spacial score (nSPS) is 21.5. The third-order valence-electron chi connectivity index (χ3n) is 5.36. The summed E-state index contributed by atoms with van der Waals surface area (Å²) in [6.07, 6.45) is 4.51. The van der Waals surface area contributed by atoms with Crippen molar-refractivity contribution >= 4 is 11.7 Å². The lowest BCUT2D eigenvalue weighted by atomic mass is 9.92. The number of ether oxygens (including phenoxy) is 1. The van der Waals surface area contributed by atoms with Gasteiger partial charge in [0, 0.05) is 6.04 Å². The maximum atomic E-state index is 13.7. The van der Waals surface area contributed by atoms with E-state index in [2.05, 4.69) is 6.08 Å². The highest BCUT2D eigenvalue weighted by Crippen LogP contribution is 2.39. The first kappa shape index (κ1) is 16.8. The summed E-state index contributed by atoms with van der Waals surface area (Å²) in [5.74, 6) is -0.219. The smallest absolute Gasteiger partial charge is 0.410 e. The molecule has 2 heterocycles. The molecule has 2 aromatic carbocycles. The molecule has 2 aromatic rings. The number of carbonyl (C=O) groups is 1. The molecule has 134 valence electrons. The third-order valence-corrected chi connectivity index (χ3v) is 5.36. The van der Waals surface area contributed by atoms with E-state index >= 15 is 0 Å². The van der Waals surface area contributed by atoms with Gasteiger partial charge in [-0.05, 0) is 60.6 Å². The van der Waals surface area contributed by atoms with Crippen LogP contribution in [0.4, 0.5) is 9.18 Å². The van der Waals surface area contributed by atoms with E-state index < -0.39 is 0 Å². The standard InChI is InChI=1S/C22H22FNO2/c1-15-7-8-18(23)13-21(15)17-11-19-9-10-20(12-17)24(19)22(25)26-14-16-5-3-2-4-6-16/h2-8,11,13,19-20H,9-10,12,14H2,1H3. The van der Waals surface area contributed by atoms with Crippen molar-refractivity contribution < 1.29 is 13.9 Å². The van der Waals surface area contributed by atoms with Gasteiger partial charge < -0.3 is 4.74 Å². The van der Waals surface area contributed by atoms with Crippen LogP contribution in [0.2, 0.25) is 0 Å². The van der Waals surface area contributed by atoms with Crippen LogP contribution in [-0.4, -0.2) is 23.1 Å². The minimum absolute atomic E-state index is 0.0368. The number of nitrogens with zero attached hydrogens (tertiary/aromatic N) is 1. The molecule has 0 saturated carbocycles. The van der Waals surface area contributed by atoms with E-state index in [1.54, 1.807) is 6.07 Å². The van der Waals surface area contributed by atoms with Gasteiger partial charge in [-0.2, -0.15) is 0 Å². The number of aryl methyl sites for hydroxylation is 1. The molecule has 0 radical (unpaired) electrons. The van der Waals surface area contributed by atoms with E-state index in [-0.39, 0.29) is 30.6 Å². The van der Waals surface area contributed by atoms with E-state index in [9.17, 15) is 9.18 Å². The minimum atomic E-state index is -0.257. The minimum Gasteiger partial charge on any atom is -0.445 e. The molecule has 1 amide bonds. The Morgan fingerprint density at radius 1 is 1.19 bits per heavy atom. The zero-order valence-corrected chi connectivity index (χ0v) is 14.8. The van der Waals surface area contributed by atoms with Gasteiger partial charge in [-0.15, -0.1) is 0 Å². The summed E-state index contributed by atoms with van der Waals surface area (Å²) >= 11 is 0. The molecule has 4 rings (SSSR count). The fourth-order valence-electron chi connectivity index (χ4n) is 4.05. The van der Waals surface area contributed by atoms with Crippen LogP contribution < -0.4 is 0 Å². The molecule has 3 nitrogen and oxygen atoms in total. The van der Waals surface area contributed by atoms with Crippen molar-refractivity contribution in [1.82, 2.24) is 4.90 Å². The maximum Gasteiger partial charge on any atom is 0.410 e. The average molecular weight is 351 g/mol. The van der Waals surface area contributed by atoms with E-state index in [1.807, 2.05) is 48.2 Å². The summed E-state index contributed by atoms with van der Waals surface area (Å²) in [7, 11) is 0. The van der Waals surface area contributed by atoms with E-state index in [0.717, 1.165) is 41.5 Å². The molecule has 0 aromatic heterocycles. The quantitative estimate of drug-likeness (QED) is 0.771. The Labute approximate surface area is 153 Å². The molecular weight excluding hydrogens is 329 g/mol. The van der Waals surface area contributed by atoms with Gasteiger partial charge >= 0.3 is 6.09 Å². The number of carbonyl (C=O) groups excluding carboxylic acids is 1. The second-order valence-electron chi connectivity index (χ2n) is 7.10. The van der Waals surface area contributed by atoms with Gasteiger partial charge in [-0.3, -0.25) is 4.90 Å². The summed E-state index contributed by atoms with van der Waals surface area (Å²) < 4.78 is 19.2. The topological polar surface area (TPSA) is 29.5 Å². The lowest BCUT2D eigenvalue weighted by molar-refractivity contribution is 0.0832. The Hall–Kier alpha value is -2.62. The molecule has 2 unspecified atom stereocenters. The van der Waals surface area contributed by atoms with Crippen LogP contribution >= 0.6 is 0 Å². The predicted molar refractivity (Wildman–Crippen MR) is 99.0 cm³/mol. The molecule has 1 saturated heterocycles. The van der Waals surface area contributed by atoms with Crippen LogP contribution in [0, 0.1) is 12.7 Å². The zero-order chi connectivity index (χ0) is 18.1. The third kappa shape index (κ3) is 3.24. The summed E-state index contributed by atoms with van der Waals surface area (Å²) in [6.45, 7) is 2.28. The first-order valence-electron chi connectivity index (χ1n) is 9.08. The van der Waals surface area contributed by atoms with Crippen molar-refractivity contribution in [3.05, 3.63) is 77.1 Å². The highest BCUT2D eigenvalue weighted by atomic mass is 19.1. The van der Waals surface area contributed by atoms with Crippen molar-refractivity contribution in [2.24, 2.45) is 0 Å². The van der Waals surface area contributed by atoms with Gasteiger partial charge in [0.2, 0.25) is 0 Å². The number of hydrogen-bond donors (Lipinski definition) is 0. The van der Waals surface area contributed by atoms with Gasteiger partial charge in [-0.1, -0.05) is 42.5 Å². The van der Waals surface area contributed by atoms with E-state index in [1.165, 1.54) is 6.07 Å². The summed E-state index contributed by atoms with van der Waals surface area (Å²) in [4.78, 5) is 14.5. The van der Waals surface area contributed by atoms with Crippen molar-refractivity contribution in [1.29, 1.82) is 0 Å². The largest absolute Gasteiger partial charge is 0.445 e. The number of amides is 1. The molecule has 2 atom stereocenters. The Bertz CT molecular complexity index is 846. The van der Waals surface area contributed by atoms with Crippen LogP contribution in [0.25, 0.3) is 5.57 Å². The van der Waals surface area contributed by atoms with Crippen molar-refractivity contribution in [3.8, 4) is 0 Å². The Kier molecular flexibility index (Phi) is 4.49. The Balaban J connectivity index is 1.50. The lowest BCUT2D eigenvalue weighted by Crippen LogP contribution is -2.43. The van der Waals surface area contributed by atoms with E-state index in [0.29, 0.717) is 0 Å². The monoisotopic (exact) mass is 351 g/mol. The molecule has 1 fully saturated rings. The molecule has 4 heteroatoms. The van der Waals surface area contributed by atoms with Crippen LogP contribution in [0.15, 0.2) is 54.6 Å². The SMILES string of the molecule is Cc1ccc(F)cc1C1=CC2CCC(C1)N2C(=O)OCc1ccccc1. The second-order valence-corrected chi connectivity index (χ2v) is 7.10. The van der Waals surface area contributed by atoms with Crippen molar-refractivity contribution in [2.45, 2.75) is 44.9 Å². The fourth-order valence-corrected chi connectivity index (χ4v) is 4.05. The van der Waals surface area contributed by atoms with Gasteiger partial charge in [-0.25, -0.2) is 9.18 Å². The Morgan fingerprint density at radius 2 is 2.00 bits per heavy atom. The van der Waals surface area contributed by atoms with Crippen molar-refractivity contribution in [2.75, 3.05) is 0 Å². The van der Waals surface area contributed by atoms with Crippen LogP contribution in [0.5, 0.6) is 0 Å². The fraction of sp³-hybridized carbons (Fsp3) is 0.318. The van der Waals surface area contributed by atoms with Crippen LogP contribution in [-0.2, 0) is 11.3 Å². The van der Waals surface area contributed by atoms with Crippen molar-refractivity contribution in [3.63, 3.8) is 0 Å². The molecule has 2 aliphatic rings. The molecule has 0 aliphatic carbocycles. The highest BCUT2D eigenvalue weighted by molar-refractivity contribution is 5.76. The summed E-state index contributed by atoms with van der Waals surface area (Å²) in [5.41, 5.74) is 4.15. The lowest BCUT2D eigenvalue weighted by Gasteiger charge is -2.33.